The van der Waals surface area contributed by atoms with Crippen LogP contribution in [0.5, 0.6) is 28.7 Å². The van der Waals surface area contributed by atoms with E-state index in [-0.39, 0.29) is 6.61 Å². The lowest BCUT2D eigenvalue weighted by Crippen LogP contribution is -2.33. The number of hydrogen-bond donors (Lipinski definition) is 1. The van der Waals surface area contributed by atoms with Crippen LogP contribution >= 0.6 is 0 Å². The second kappa shape index (κ2) is 10.2. The van der Waals surface area contributed by atoms with Gasteiger partial charge in [0, 0.05) is 18.4 Å². The van der Waals surface area contributed by atoms with Crippen molar-refractivity contribution in [2.24, 2.45) is 0 Å². The van der Waals surface area contributed by atoms with Gasteiger partial charge >= 0.3 is 0 Å². The Hall–Kier alpha value is -3.52. The zero-order chi connectivity index (χ0) is 23.3. The first-order chi connectivity index (χ1) is 15.5. The third-order valence-corrected chi connectivity index (χ3v) is 5.14. The molecule has 0 saturated carbocycles. The third kappa shape index (κ3) is 4.40. The van der Waals surface area contributed by atoms with Crippen LogP contribution in [0.2, 0.25) is 0 Å². The standard InChI is InChI=1S/C24H29NO7/c1-14-22-15(8-9-18(26-2)24(22)31-7)10-17(25-21(29-5)13-32-14)16-11-19(27-3)23(30-6)20(12-16)28-4/h8-12,21,25H,1,13H2,2-7H3/b17-10-. The Morgan fingerprint density at radius 3 is 2.00 bits per heavy atom. The van der Waals surface area contributed by atoms with Gasteiger partial charge in [-0.05, 0) is 29.8 Å². The molecular formula is C24H29NO7. The summed E-state index contributed by atoms with van der Waals surface area (Å²) >= 11 is 0. The van der Waals surface area contributed by atoms with Crippen molar-refractivity contribution in [2.75, 3.05) is 49.3 Å². The zero-order valence-corrected chi connectivity index (χ0v) is 19.2. The molecule has 1 heterocycles. The van der Waals surface area contributed by atoms with Gasteiger partial charge in [0.15, 0.2) is 29.2 Å². The fourth-order valence-corrected chi connectivity index (χ4v) is 3.54. The maximum absolute atomic E-state index is 5.93. The van der Waals surface area contributed by atoms with Crippen molar-refractivity contribution < 1.29 is 33.2 Å². The second-order valence-corrected chi connectivity index (χ2v) is 6.84. The summed E-state index contributed by atoms with van der Waals surface area (Å²) in [6, 6.07) is 7.47. The smallest absolute Gasteiger partial charge is 0.203 e. The molecule has 8 heteroatoms. The molecule has 0 saturated heterocycles. The molecule has 1 aliphatic heterocycles. The summed E-state index contributed by atoms with van der Waals surface area (Å²) in [5.41, 5.74) is 3.06. The summed E-state index contributed by atoms with van der Waals surface area (Å²) in [7, 11) is 9.49. The minimum absolute atomic E-state index is 0.219. The summed E-state index contributed by atoms with van der Waals surface area (Å²) in [6.45, 7) is 4.32. The summed E-state index contributed by atoms with van der Waals surface area (Å²) in [4.78, 5) is 0. The first-order valence-corrected chi connectivity index (χ1v) is 9.89. The van der Waals surface area contributed by atoms with Gasteiger partial charge < -0.3 is 38.5 Å². The van der Waals surface area contributed by atoms with E-state index < -0.39 is 6.23 Å². The molecule has 2 aromatic carbocycles. The Morgan fingerprint density at radius 1 is 0.844 bits per heavy atom. The third-order valence-electron chi connectivity index (χ3n) is 5.14. The molecule has 32 heavy (non-hydrogen) atoms. The molecule has 0 aromatic heterocycles. The molecule has 3 rings (SSSR count). The number of benzene rings is 2. The van der Waals surface area contributed by atoms with Crippen molar-refractivity contribution in [3.05, 3.63) is 47.5 Å². The fourth-order valence-electron chi connectivity index (χ4n) is 3.54. The predicted octanol–water partition coefficient (Wildman–Crippen LogP) is 3.79. The molecule has 0 aliphatic carbocycles. The van der Waals surface area contributed by atoms with Crippen LogP contribution in [0.4, 0.5) is 0 Å². The summed E-state index contributed by atoms with van der Waals surface area (Å²) < 4.78 is 39.1. The molecule has 1 unspecified atom stereocenters. The number of fused-ring (bicyclic) bond motifs is 1. The highest BCUT2D eigenvalue weighted by atomic mass is 16.5. The number of methoxy groups -OCH3 is 6. The Balaban J connectivity index is 2.26. The van der Waals surface area contributed by atoms with Crippen LogP contribution in [0.1, 0.15) is 16.7 Å². The van der Waals surface area contributed by atoms with Crippen molar-refractivity contribution in [3.8, 4) is 28.7 Å². The van der Waals surface area contributed by atoms with E-state index in [0.717, 1.165) is 16.8 Å². The highest BCUT2D eigenvalue weighted by molar-refractivity contribution is 5.87. The molecule has 8 nitrogen and oxygen atoms in total. The minimum atomic E-state index is -0.445. The Morgan fingerprint density at radius 2 is 1.47 bits per heavy atom. The van der Waals surface area contributed by atoms with Crippen molar-refractivity contribution in [3.63, 3.8) is 0 Å². The van der Waals surface area contributed by atoms with Crippen LogP contribution in [-0.2, 0) is 9.47 Å². The van der Waals surface area contributed by atoms with E-state index in [1.54, 1.807) is 42.7 Å². The molecule has 0 spiro atoms. The average molecular weight is 443 g/mol. The summed E-state index contributed by atoms with van der Waals surface area (Å²) in [6.07, 6.45) is 1.52. The minimum Gasteiger partial charge on any atom is -0.493 e. The van der Waals surface area contributed by atoms with Gasteiger partial charge in [-0.2, -0.15) is 0 Å². The van der Waals surface area contributed by atoms with Gasteiger partial charge in [-0.15, -0.1) is 0 Å². The lowest BCUT2D eigenvalue weighted by Gasteiger charge is -2.21. The van der Waals surface area contributed by atoms with Gasteiger partial charge in [-0.1, -0.05) is 12.6 Å². The Bertz CT molecular complexity index is 991. The molecule has 2 aromatic rings. The van der Waals surface area contributed by atoms with Gasteiger partial charge in [0.25, 0.3) is 0 Å². The van der Waals surface area contributed by atoms with Crippen LogP contribution in [0.25, 0.3) is 17.5 Å². The van der Waals surface area contributed by atoms with Crippen molar-refractivity contribution in [2.45, 2.75) is 6.23 Å². The van der Waals surface area contributed by atoms with E-state index in [0.29, 0.717) is 40.1 Å². The first kappa shape index (κ1) is 23.1. The molecule has 1 atom stereocenters. The van der Waals surface area contributed by atoms with Crippen LogP contribution in [0, 0.1) is 0 Å². The highest BCUT2D eigenvalue weighted by Gasteiger charge is 2.23. The molecule has 1 aliphatic rings. The second-order valence-electron chi connectivity index (χ2n) is 6.84. The lowest BCUT2D eigenvalue weighted by atomic mass is 10.0. The maximum atomic E-state index is 5.93. The van der Waals surface area contributed by atoms with Crippen molar-refractivity contribution in [1.29, 1.82) is 0 Å². The topological polar surface area (TPSA) is 76.6 Å². The van der Waals surface area contributed by atoms with Crippen LogP contribution in [0.3, 0.4) is 0 Å². The zero-order valence-electron chi connectivity index (χ0n) is 19.2. The molecule has 172 valence electrons. The van der Waals surface area contributed by atoms with Gasteiger partial charge in [-0.25, -0.2) is 0 Å². The van der Waals surface area contributed by atoms with E-state index >= 15 is 0 Å². The van der Waals surface area contributed by atoms with Crippen LogP contribution < -0.4 is 29.0 Å². The molecule has 0 bridgehead atoms. The molecule has 0 radical (unpaired) electrons. The van der Waals surface area contributed by atoms with E-state index in [9.17, 15) is 0 Å². The summed E-state index contributed by atoms with van der Waals surface area (Å²) in [5.74, 6) is 3.13. The first-order valence-electron chi connectivity index (χ1n) is 9.89. The number of rotatable bonds is 7. The number of nitrogens with one attached hydrogen (secondary N) is 1. The molecule has 0 amide bonds. The SMILES string of the molecule is C=C1OCC(OC)N/C(c2cc(OC)c(OC)c(OC)c2)=C\c2ccc(OC)c(OC)c21. The van der Waals surface area contributed by atoms with E-state index in [2.05, 4.69) is 11.9 Å². The van der Waals surface area contributed by atoms with E-state index in [4.69, 9.17) is 33.2 Å². The normalized spacial score (nSPS) is 17.2. The maximum Gasteiger partial charge on any atom is 0.203 e. The van der Waals surface area contributed by atoms with Gasteiger partial charge in [0.05, 0.1) is 41.1 Å². The van der Waals surface area contributed by atoms with Gasteiger partial charge in [-0.3, -0.25) is 0 Å². The van der Waals surface area contributed by atoms with E-state index in [1.165, 1.54) is 0 Å². The van der Waals surface area contributed by atoms with Gasteiger partial charge in [0.2, 0.25) is 5.75 Å². The Kier molecular flexibility index (Phi) is 7.37. The van der Waals surface area contributed by atoms with Crippen molar-refractivity contribution >= 4 is 17.5 Å². The highest BCUT2D eigenvalue weighted by Crippen LogP contribution is 2.42. The summed E-state index contributed by atoms with van der Waals surface area (Å²) in [5, 5.41) is 3.38. The van der Waals surface area contributed by atoms with Crippen LogP contribution in [0.15, 0.2) is 30.8 Å². The van der Waals surface area contributed by atoms with E-state index in [1.807, 2.05) is 30.3 Å². The average Bonchev–Trinajstić information content (AvgIpc) is 2.90. The quantitative estimate of drug-likeness (QED) is 0.693. The largest absolute Gasteiger partial charge is 0.493 e. The molecule has 0 fully saturated rings. The molecular weight excluding hydrogens is 414 g/mol. The van der Waals surface area contributed by atoms with Crippen molar-refractivity contribution in [1.82, 2.24) is 5.32 Å². The predicted molar refractivity (Wildman–Crippen MR) is 122 cm³/mol. The van der Waals surface area contributed by atoms with Gasteiger partial charge in [0.1, 0.15) is 12.4 Å². The monoisotopic (exact) mass is 443 g/mol. The lowest BCUT2D eigenvalue weighted by molar-refractivity contribution is 0.0370. The number of hydrogen-bond acceptors (Lipinski definition) is 8. The Labute approximate surface area is 188 Å². The molecule has 1 N–H and O–H groups in total. The number of ether oxygens (including phenoxy) is 7. The van der Waals surface area contributed by atoms with Crippen LogP contribution in [-0.4, -0.2) is 55.5 Å². The fraction of sp³-hybridized carbons (Fsp3) is 0.333.